The average molecular weight is 657 g/mol. The molecule has 0 heterocycles. The molecule has 11 nitrogen and oxygen atoms in total. The molecule has 0 aromatic heterocycles. The monoisotopic (exact) mass is 659 g/mol. The van der Waals surface area contributed by atoms with Gasteiger partial charge in [-0.3, -0.25) is 0 Å². The Balaban J connectivity index is 3.87. The summed E-state index contributed by atoms with van der Waals surface area (Å²) in [6, 6.07) is 0.591. The molecule has 13 heteroatoms. The average Bonchev–Trinajstić information content (AvgIpc) is 2.35. The summed E-state index contributed by atoms with van der Waals surface area (Å²) in [5, 5.41) is 32.5. The zero-order valence-electron chi connectivity index (χ0n) is 8.68. The number of nitrogens with zero attached hydrogens (tertiary/aromatic N) is 3. The number of nitro groups is 3. The maximum atomic E-state index is 10.9. The molecule has 0 amide bonds. The molecule has 6 radical (unpaired) electrons. The van der Waals surface area contributed by atoms with Gasteiger partial charge in [0, 0.05) is 0 Å². The van der Waals surface area contributed by atoms with E-state index in [1.54, 1.807) is 0 Å². The molecule has 1 aromatic carbocycles. The van der Waals surface area contributed by atoms with Crippen molar-refractivity contribution in [2.45, 2.75) is 0 Å². The zero-order chi connectivity index (χ0) is 14.7. The Hall–Kier alpha value is -1.14. The van der Waals surface area contributed by atoms with E-state index >= 15 is 0 Å². The molecular weight excluding hydrogens is 656 g/mol. The Kier molecular flexibility index (Phi) is 5.32. The second-order valence-corrected chi connectivity index (χ2v) is 4.48. The van der Waals surface area contributed by atoms with Crippen LogP contribution in [0.1, 0.15) is 0 Å². The fraction of sp³-hybridized carbons (Fsp3) is 0. The van der Waals surface area contributed by atoms with Gasteiger partial charge in [0.25, 0.3) is 0 Å². The summed E-state index contributed by atoms with van der Waals surface area (Å²) in [7, 11) is 0. The van der Waals surface area contributed by atoms with E-state index < -0.39 is 43.3 Å². The normalized spacial score (nSPS) is 9.79. The van der Waals surface area contributed by atoms with E-state index in [1.165, 1.54) is 0 Å². The van der Waals surface area contributed by atoms with Crippen LogP contribution in [0.15, 0.2) is 6.07 Å². The Labute approximate surface area is 137 Å². The SMILES string of the molecule is O=[N+]([O-])c1cc([N+](=O)[O-])c([O][Pb])c([N+](=O)[O-])c1[O][Pb]. The molecule has 0 saturated carbocycles. The van der Waals surface area contributed by atoms with Crippen LogP contribution in [-0.4, -0.2) is 67.2 Å². The van der Waals surface area contributed by atoms with Gasteiger partial charge in [0.1, 0.15) is 0 Å². The van der Waals surface area contributed by atoms with Crippen LogP contribution < -0.4 is 5.37 Å². The minimum atomic E-state index is -1.000. The summed E-state index contributed by atoms with van der Waals surface area (Å²) >= 11 is -0.126. The van der Waals surface area contributed by atoms with Gasteiger partial charge in [-0.1, -0.05) is 0 Å². The molecule has 0 bridgehead atoms. The maximum absolute atomic E-state index is 10.9. The molecule has 0 aliphatic rings. The number of hydrogen-bond donors (Lipinski definition) is 0. The van der Waals surface area contributed by atoms with Crippen LogP contribution in [0.3, 0.4) is 0 Å². The van der Waals surface area contributed by atoms with Gasteiger partial charge in [0.05, 0.1) is 0 Å². The van der Waals surface area contributed by atoms with Gasteiger partial charge in [-0.25, -0.2) is 0 Å². The van der Waals surface area contributed by atoms with Crippen molar-refractivity contribution in [2.24, 2.45) is 0 Å². The molecule has 0 atom stereocenters. The summed E-state index contributed by atoms with van der Waals surface area (Å²) in [6.07, 6.45) is 0. The summed E-state index contributed by atoms with van der Waals surface area (Å²) in [6.45, 7) is 0. The predicted octanol–water partition coefficient (Wildman–Crippen LogP) is 0.336. The van der Waals surface area contributed by atoms with Crippen LogP contribution in [0.5, 0.6) is 11.5 Å². The van der Waals surface area contributed by atoms with E-state index in [-0.39, 0.29) is 52.4 Å². The second-order valence-electron chi connectivity index (χ2n) is 2.90. The van der Waals surface area contributed by atoms with Crippen LogP contribution in [0.25, 0.3) is 0 Å². The van der Waals surface area contributed by atoms with Crippen LogP contribution in [-0.2, 0) is 0 Å². The molecule has 0 aliphatic carbocycles. The van der Waals surface area contributed by atoms with Gasteiger partial charge in [-0.2, -0.15) is 0 Å². The molecule has 0 N–H and O–H groups in total. The first-order chi connectivity index (χ1) is 8.84. The topological polar surface area (TPSA) is 148 Å². The molecule has 96 valence electrons. The van der Waals surface area contributed by atoms with Gasteiger partial charge in [-0.15, -0.1) is 0 Å². The molecule has 19 heavy (non-hydrogen) atoms. The van der Waals surface area contributed by atoms with Gasteiger partial charge in [-0.05, 0) is 0 Å². The van der Waals surface area contributed by atoms with Crippen molar-refractivity contribution in [1.29, 1.82) is 0 Å². The molecule has 0 fully saturated rings. The van der Waals surface area contributed by atoms with E-state index in [0.29, 0.717) is 6.07 Å². The molecule has 0 saturated heterocycles. The van der Waals surface area contributed by atoms with Crippen molar-refractivity contribution in [3.05, 3.63) is 36.4 Å². The predicted molar refractivity (Wildman–Crippen MR) is 59.2 cm³/mol. The third-order valence-corrected chi connectivity index (χ3v) is 3.54. The zero-order valence-corrected chi connectivity index (χ0v) is 16.5. The second kappa shape index (κ2) is 6.34. The quantitative estimate of drug-likeness (QED) is 0.250. The first-order valence-corrected chi connectivity index (χ1v) is 7.33. The van der Waals surface area contributed by atoms with E-state index in [2.05, 4.69) is 0 Å². The van der Waals surface area contributed by atoms with Crippen LogP contribution >= 0.6 is 0 Å². The van der Waals surface area contributed by atoms with Crippen molar-refractivity contribution in [3.63, 3.8) is 0 Å². The van der Waals surface area contributed by atoms with Gasteiger partial charge in [0.15, 0.2) is 0 Å². The first-order valence-electron chi connectivity index (χ1n) is 4.16. The van der Waals surface area contributed by atoms with Gasteiger partial charge < -0.3 is 0 Å². The summed E-state index contributed by atoms with van der Waals surface area (Å²) in [5.74, 6) is -1.25. The molecule has 0 aliphatic heterocycles. The minimum absolute atomic E-state index is 0.0630. The Morgan fingerprint density at radius 1 is 0.842 bits per heavy atom. The van der Waals surface area contributed by atoms with E-state index in [1.807, 2.05) is 0 Å². The van der Waals surface area contributed by atoms with Crippen LogP contribution in [0.4, 0.5) is 17.1 Å². The van der Waals surface area contributed by atoms with Gasteiger partial charge in [0.2, 0.25) is 0 Å². The number of nitro benzene ring substituents is 3. The fourth-order valence-corrected chi connectivity index (χ4v) is 2.81. The summed E-state index contributed by atoms with van der Waals surface area (Å²) in [5.41, 5.74) is -2.57. The third-order valence-electron chi connectivity index (χ3n) is 1.95. The number of benzene rings is 1. The fourth-order valence-electron chi connectivity index (χ4n) is 1.24. The van der Waals surface area contributed by atoms with Crippen LogP contribution in [0.2, 0.25) is 0 Å². The number of hydrogen-bond acceptors (Lipinski definition) is 8. The van der Waals surface area contributed by atoms with Crippen molar-refractivity contribution >= 4 is 69.5 Å². The molecule has 0 spiro atoms. The van der Waals surface area contributed by atoms with Gasteiger partial charge >= 0.3 is 138 Å². The summed E-state index contributed by atoms with van der Waals surface area (Å²) in [4.78, 5) is 29.6. The molecule has 0 unspecified atom stereocenters. The van der Waals surface area contributed by atoms with Crippen molar-refractivity contribution in [2.75, 3.05) is 0 Å². The van der Waals surface area contributed by atoms with E-state index in [9.17, 15) is 30.3 Å². The van der Waals surface area contributed by atoms with E-state index in [4.69, 9.17) is 5.37 Å². The molecule has 1 rings (SSSR count). The summed E-state index contributed by atoms with van der Waals surface area (Å²) < 4.78 is 9.49. The standard InChI is InChI=1S/C6H3N3O8.2Pb/c10-5-2(7(12)13)1-3(8(14)15)6(11)4(5)9(16)17;;/h1,10-11H;;/q;2*+1/p-2. The van der Waals surface area contributed by atoms with Crippen molar-refractivity contribution < 1.29 is 20.1 Å². The molecular formula is C6HN3O8Pb2. The molecule has 1 aromatic rings. The Morgan fingerprint density at radius 2 is 1.21 bits per heavy atom. The van der Waals surface area contributed by atoms with Crippen LogP contribution in [0, 0.1) is 30.3 Å². The number of rotatable bonds is 5. The Bertz CT molecular complexity index is 536. The Morgan fingerprint density at radius 3 is 1.42 bits per heavy atom. The first kappa shape index (κ1) is 15.9. The van der Waals surface area contributed by atoms with Crippen molar-refractivity contribution in [3.8, 4) is 11.5 Å². The van der Waals surface area contributed by atoms with Crippen molar-refractivity contribution in [1.82, 2.24) is 0 Å². The third kappa shape index (κ3) is 3.07. The van der Waals surface area contributed by atoms with E-state index in [0.717, 1.165) is 0 Å².